The summed E-state index contributed by atoms with van der Waals surface area (Å²) in [5.41, 5.74) is 1.40. The van der Waals surface area contributed by atoms with Crippen molar-refractivity contribution in [2.24, 2.45) is 0 Å². The van der Waals surface area contributed by atoms with Crippen LogP contribution in [0.15, 0.2) is 22.7 Å². The summed E-state index contributed by atoms with van der Waals surface area (Å²) in [6.07, 6.45) is 7.34. The second kappa shape index (κ2) is 8.89. The molecule has 0 aliphatic heterocycles. The lowest BCUT2D eigenvalue weighted by atomic mass is 9.87. The van der Waals surface area contributed by atoms with Gasteiger partial charge in [-0.15, -0.1) is 0 Å². The van der Waals surface area contributed by atoms with E-state index in [0.717, 1.165) is 29.5 Å². The van der Waals surface area contributed by atoms with Crippen LogP contribution in [0.4, 0.5) is 0 Å². The first-order valence-corrected chi connectivity index (χ1v) is 9.88. The Balaban J connectivity index is 1.71. The minimum atomic E-state index is 0.123. The zero-order chi connectivity index (χ0) is 17.6. The second-order valence-corrected chi connectivity index (χ2v) is 8.60. The van der Waals surface area contributed by atoms with Crippen LogP contribution in [0.5, 0.6) is 5.75 Å². The van der Waals surface area contributed by atoms with Crippen molar-refractivity contribution >= 4 is 21.8 Å². The van der Waals surface area contributed by atoms with Gasteiger partial charge >= 0.3 is 0 Å². The van der Waals surface area contributed by atoms with Gasteiger partial charge in [-0.3, -0.25) is 4.79 Å². The van der Waals surface area contributed by atoms with Crippen LogP contribution in [0.2, 0.25) is 0 Å². The fourth-order valence-corrected chi connectivity index (χ4v) is 3.54. The maximum absolute atomic E-state index is 12.0. The molecule has 0 spiro atoms. The molecule has 1 aromatic rings. The number of amides is 1. The summed E-state index contributed by atoms with van der Waals surface area (Å²) in [6, 6.07) is 6.62. The second-order valence-electron chi connectivity index (χ2n) is 7.75. The van der Waals surface area contributed by atoms with Crippen molar-refractivity contribution in [3.05, 3.63) is 28.2 Å². The van der Waals surface area contributed by atoms with Crippen LogP contribution in [0.1, 0.15) is 71.3 Å². The number of hydrogen-bond donors (Lipinski definition) is 1. The molecule has 3 nitrogen and oxygen atoms in total. The first-order chi connectivity index (χ1) is 11.4. The van der Waals surface area contributed by atoms with Crippen molar-refractivity contribution in [3.63, 3.8) is 0 Å². The van der Waals surface area contributed by atoms with Gasteiger partial charge in [-0.25, -0.2) is 0 Å². The number of ether oxygens (including phenoxy) is 1. The first kappa shape index (κ1) is 19.3. The third kappa shape index (κ3) is 6.12. The van der Waals surface area contributed by atoms with Crippen molar-refractivity contribution in [2.45, 2.75) is 77.2 Å². The fraction of sp³-hybridized carbons (Fsp3) is 0.650. The summed E-state index contributed by atoms with van der Waals surface area (Å²) in [7, 11) is 0. The predicted octanol–water partition coefficient (Wildman–Crippen LogP) is 5.35. The molecule has 0 saturated heterocycles. The largest absolute Gasteiger partial charge is 0.492 e. The molecule has 24 heavy (non-hydrogen) atoms. The van der Waals surface area contributed by atoms with Crippen LogP contribution in [0.25, 0.3) is 0 Å². The van der Waals surface area contributed by atoms with E-state index < -0.39 is 0 Å². The van der Waals surface area contributed by atoms with E-state index in [0.29, 0.717) is 19.1 Å². The lowest BCUT2D eigenvalue weighted by Gasteiger charge is -2.22. The molecule has 0 radical (unpaired) electrons. The molecule has 2 rings (SSSR count). The summed E-state index contributed by atoms with van der Waals surface area (Å²) >= 11 is 3.58. The van der Waals surface area contributed by atoms with E-state index in [1.54, 1.807) is 0 Å². The summed E-state index contributed by atoms with van der Waals surface area (Å²) in [5, 5.41) is 3.15. The van der Waals surface area contributed by atoms with Gasteiger partial charge in [0.2, 0.25) is 5.91 Å². The Morgan fingerprint density at radius 2 is 1.96 bits per heavy atom. The van der Waals surface area contributed by atoms with E-state index in [1.807, 2.05) is 6.07 Å². The quantitative estimate of drug-likeness (QED) is 0.658. The maximum atomic E-state index is 12.0. The van der Waals surface area contributed by atoms with E-state index >= 15 is 0 Å². The van der Waals surface area contributed by atoms with Crippen molar-refractivity contribution in [2.75, 3.05) is 6.61 Å². The highest BCUT2D eigenvalue weighted by molar-refractivity contribution is 9.10. The van der Waals surface area contributed by atoms with Crippen molar-refractivity contribution < 1.29 is 9.53 Å². The number of nitrogens with one attached hydrogen (secondary N) is 1. The minimum Gasteiger partial charge on any atom is -0.492 e. The fourth-order valence-electron chi connectivity index (χ4n) is 3.05. The molecule has 1 saturated carbocycles. The Hall–Kier alpha value is -1.03. The molecule has 1 N–H and O–H groups in total. The number of rotatable bonds is 6. The average molecular weight is 396 g/mol. The summed E-state index contributed by atoms with van der Waals surface area (Å²) in [5.74, 6) is 1.00. The van der Waals surface area contributed by atoms with Gasteiger partial charge in [0.05, 0.1) is 11.1 Å². The van der Waals surface area contributed by atoms with E-state index in [4.69, 9.17) is 4.74 Å². The van der Waals surface area contributed by atoms with Gasteiger partial charge in [0.25, 0.3) is 0 Å². The molecule has 4 heteroatoms. The number of hydrogen-bond acceptors (Lipinski definition) is 2. The number of halogens is 1. The van der Waals surface area contributed by atoms with Crippen LogP contribution in [0, 0.1) is 0 Å². The van der Waals surface area contributed by atoms with Gasteiger partial charge in [0, 0.05) is 12.5 Å². The SMILES string of the molecule is CC(C)(C)c1ccc(OCCCC(=O)NC2CCCCC2)c(Br)c1. The van der Waals surface area contributed by atoms with Crippen LogP contribution in [0.3, 0.4) is 0 Å². The van der Waals surface area contributed by atoms with Crippen LogP contribution in [-0.2, 0) is 10.2 Å². The van der Waals surface area contributed by atoms with E-state index in [2.05, 4.69) is 54.2 Å². The Bertz CT molecular complexity index is 545. The maximum Gasteiger partial charge on any atom is 0.220 e. The Morgan fingerprint density at radius 3 is 2.58 bits per heavy atom. The van der Waals surface area contributed by atoms with E-state index in [9.17, 15) is 4.79 Å². The van der Waals surface area contributed by atoms with Gasteiger partial charge in [0.1, 0.15) is 5.75 Å². The van der Waals surface area contributed by atoms with E-state index in [1.165, 1.54) is 24.8 Å². The van der Waals surface area contributed by atoms with Crippen molar-refractivity contribution in [1.29, 1.82) is 0 Å². The van der Waals surface area contributed by atoms with Gasteiger partial charge in [0.15, 0.2) is 0 Å². The molecule has 0 aromatic heterocycles. The molecule has 0 atom stereocenters. The smallest absolute Gasteiger partial charge is 0.220 e. The van der Waals surface area contributed by atoms with Crippen LogP contribution < -0.4 is 10.1 Å². The van der Waals surface area contributed by atoms with Crippen molar-refractivity contribution in [1.82, 2.24) is 5.32 Å². The number of benzene rings is 1. The zero-order valence-corrected chi connectivity index (χ0v) is 16.7. The topological polar surface area (TPSA) is 38.3 Å². The van der Waals surface area contributed by atoms with Crippen LogP contribution in [-0.4, -0.2) is 18.6 Å². The average Bonchev–Trinajstić information content (AvgIpc) is 2.52. The first-order valence-electron chi connectivity index (χ1n) is 9.08. The minimum absolute atomic E-state index is 0.123. The molecule has 0 bridgehead atoms. The molecule has 0 heterocycles. The molecule has 1 aromatic carbocycles. The van der Waals surface area contributed by atoms with Crippen LogP contribution >= 0.6 is 15.9 Å². The lowest BCUT2D eigenvalue weighted by molar-refractivity contribution is -0.122. The molecular formula is C20H30BrNO2. The molecule has 1 fully saturated rings. The Morgan fingerprint density at radius 1 is 1.25 bits per heavy atom. The molecule has 1 aliphatic carbocycles. The van der Waals surface area contributed by atoms with E-state index in [-0.39, 0.29) is 11.3 Å². The highest BCUT2D eigenvalue weighted by Gasteiger charge is 2.16. The zero-order valence-electron chi connectivity index (χ0n) is 15.2. The third-order valence-electron chi connectivity index (χ3n) is 4.57. The summed E-state index contributed by atoms with van der Waals surface area (Å²) in [4.78, 5) is 12.0. The predicted molar refractivity (Wildman–Crippen MR) is 103 cm³/mol. The molecule has 1 amide bonds. The Kier molecular flexibility index (Phi) is 7.15. The highest BCUT2D eigenvalue weighted by atomic mass is 79.9. The van der Waals surface area contributed by atoms with Gasteiger partial charge in [-0.05, 0) is 58.3 Å². The van der Waals surface area contributed by atoms with Gasteiger partial charge in [-0.2, -0.15) is 0 Å². The molecule has 134 valence electrons. The van der Waals surface area contributed by atoms with Gasteiger partial charge in [-0.1, -0.05) is 46.1 Å². The lowest BCUT2D eigenvalue weighted by Crippen LogP contribution is -2.36. The molecule has 1 aliphatic rings. The molecular weight excluding hydrogens is 366 g/mol. The third-order valence-corrected chi connectivity index (χ3v) is 5.19. The van der Waals surface area contributed by atoms with Crippen molar-refractivity contribution in [3.8, 4) is 5.75 Å². The number of carbonyl (C=O) groups excluding carboxylic acids is 1. The molecule has 0 unspecified atom stereocenters. The number of carbonyl (C=O) groups is 1. The summed E-state index contributed by atoms with van der Waals surface area (Å²) < 4.78 is 6.79. The Labute approximate surface area is 154 Å². The monoisotopic (exact) mass is 395 g/mol. The standard InChI is InChI=1S/C20H30BrNO2/c1-20(2,3)15-11-12-18(17(21)14-15)24-13-7-10-19(23)22-16-8-5-4-6-9-16/h11-12,14,16H,4-10,13H2,1-3H3,(H,22,23). The summed E-state index contributed by atoms with van der Waals surface area (Å²) in [6.45, 7) is 7.15. The van der Waals surface area contributed by atoms with Gasteiger partial charge < -0.3 is 10.1 Å². The normalized spacial score (nSPS) is 16.0. The highest BCUT2D eigenvalue weighted by Crippen LogP contribution is 2.31.